The molecule has 0 aliphatic heterocycles. The summed E-state index contributed by atoms with van der Waals surface area (Å²) in [6.45, 7) is 6.01. The molecule has 0 atom stereocenters. The Morgan fingerprint density at radius 3 is 2.44 bits per heavy atom. The molecular formula is C14H19N3O. The Balaban J connectivity index is 2.15. The van der Waals surface area contributed by atoms with Gasteiger partial charge in [0.05, 0.1) is 5.69 Å². The highest BCUT2D eigenvalue weighted by atomic mass is 16.5. The molecule has 0 radical (unpaired) electrons. The quantitative estimate of drug-likeness (QED) is 0.803. The van der Waals surface area contributed by atoms with Crippen molar-refractivity contribution in [3.63, 3.8) is 0 Å². The highest BCUT2D eigenvalue weighted by Crippen LogP contribution is 2.28. The highest BCUT2D eigenvalue weighted by Gasteiger charge is 2.22. The van der Waals surface area contributed by atoms with Crippen LogP contribution in [0, 0.1) is 31.1 Å². The fraction of sp³-hybridized carbons (Fsp3) is 0.643. The summed E-state index contributed by atoms with van der Waals surface area (Å²) >= 11 is 0. The molecule has 1 aliphatic carbocycles. The van der Waals surface area contributed by atoms with Gasteiger partial charge < -0.3 is 4.74 Å². The van der Waals surface area contributed by atoms with Crippen LogP contribution in [-0.2, 0) is 0 Å². The summed E-state index contributed by atoms with van der Waals surface area (Å²) in [6, 6.07) is 2.18. The molecule has 0 unspecified atom stereocenters. The van der Waals surface area contributed by atoms with Gasteiger partial charge in [-0.1, -0.05) is 6.92 Å². The van der Waals surface area contributed by atoms with Crippen LogP contribution in [0.2, 0.25) is 0 Å². The van der Waals surface area contributed by atoms with Gasteiger partial charge in [-0.3, -0.25) is 0 Å². The molecule has 0 bridgehead atoms. The predicted octanol–water partition coefficient (Wildman–Crippen LogP) is 2.92. The van der Waals surface area contributed by atoms with Crippen molar-refractivity contribution < 1.29 is 4.74 Å². The molecule has 0 saturated heterocycles. The molecule has 4 nitrogen and oxygen atoms in total. The highest BCUT2D eigenvalue weighted by molar-refractivity contribution is 5.44. The molecular weight excluding hydrogens is 226 g/mol. The maximum absolute atomic E-state index is 9.20. The molecule has 1 aromatic rings. The third-order valence-corrected chi connectivity index (χ3v) is 3.78. The third kappa shape index (κ3) is 2.61. The zero-order valence-corrected chi connectivity index (χ0v) is 11.2. The van der Waals surface area contributed by atoms with Gasteiger partial charge in [-0.2, -0.15) is 10.4 Å². The van der Waals surface area contributed by atoms with E-state index in [4.69, 9.17) is 4.74 Å². The van der Waals surface area contributed by atoms with Crippen LogP contribution in [0.1, 0.15) is 49.4 Å². The second-order valence-corrected chi connectivity index (χ2v) is 5.20. The SMILES string of the molecule is Cc1nnc(OC2CCC(C)CC2)c(C#N)c1C. The Morgan fingerprint density at radius 2 is 1.83 bits per heavy atom. The van der Waals surface area contributed by atoms with Gasteiger partial charge in [0.2, 0.25) is 0 Å². The molecule has 96 valence electrons. The molecule has 4 heteroatoms. The van der Waals surface area contributed by atoms with E-state index < -0.39 is 0 Å². The average molecular weight is 245 g/mol. The van der Waals surface area contributed by atoms with Crippen LogP contribution in [0.15, 0.2) is 0 Å². The second kappa shape index (κ2) is 5.34. The van der Waals surface area contributed by atoms with Gasteiger partial charge in [0.1, 0.15) is 17.7 Å². The Morgan fingerprint density at radius 1 is 1.17 bits per heavy atom. The molecule has 0 amide bonds. The molecule has 18 heavy (non-hydrogen) atoms. The molecule has 2 rings (SSSR count). The molecule has 0 aromatic carbocycles. The van der Waals surface area contributed by atoms with Crippen molar-refractivity contribution in [2.45, 2.75) is 52.6 Å². The van der Waals surface area contributed by atoms with Crippen LogP contribution < -0.4 is 4.74 Å². The molecule has 1 saturated carbocycles. The minimum Gasteiger partial charge on any atom is -0.472 e. The van der Waals surface area contributed by atoms with E-state index in [9.17, 15) is 5.26 Å². The fourth-order valence-electron chi connectivity index (χ4n) is 2.31. The summed E-state index contributed by atoms with van der Waals surface area (Å²) in [5.74, 6) is 1.19. The van der Waals surface area contributed by atoms with Gasteiger partial charge in [0, 0.05) is 0 Å². The minimum atomic E-state index is 0.185. The lowest BCUT2D eigenvalue weighted by Crippen LogP contribution is -2.24. The largest absolute Gasteiger partial charge is 0.472 e. The van der Waals surface area contributed by atoms with E-state index >= 15 is 0 Å². The van der Waals surface area contributed by atoms with Crippen molar-refractivity contribution in [1.82, 2.24) is 10.2 Å². The zero-order chi connectivity index (χ0) is 13.1. The Labute approximate surface area is 108 Å². The standard InChI is InChI=1S/C14H19N3O/c1-9-4-6-12(7-5-9)18-14-13(8-15)10(2)11(3)16-17-14/h9,12H,4-7H2,1-3H3. The van der Waals surface area contributed by atoms with Crippen molar-refractivity contribution in [1.29, 1.82) is 5.26 Å². The van der Waals surface area contributed by atoms with E-state index in [0.717, 1.165) is 30.0 Å². The lowest BCUT2D eigenvalue weighted by Gasteiger charge is -2.26. The maximum Gasteiger partial charge on any atom is 0.252 e. The van der Waals surface area contributed by atoms with Crippen molar-refractivity contribution in [3.05, 3.63) is 16.8 Å². The van der Waals surface area contributed by atoms with Gasteiger partial charge in [0.25, 0.3) is 5.88 Å². The summed E-state index contributed by atoms with van der Waals surface area (Å²) in [4.78, 5) is 0. The van der Waals surface area contributed by atoms with Crippen LogP contribution in [0.25, 0.3) is 0 Å². The molecule has 1 aliphatic rings. The first-order chi connectivity index (χ1) is 8.61. The number of nitrogens with zero attached hydrogens (tertiary/aromatic N) is 3. The van der Waals surface area contributed by atoms with E-state index in [1.54, 1.807) is 0 Å². The molecule has 1 aromatic heterocycles. The van der Waals surface area contributed by atoms with Crippen LogP contribution in [0.5, 0.6) is 5.88 Å². The van der Waals surface area contributed by atoms with Crippen LogP contribution in [0.4, 0.5) is 0 Å². The van der Waals surface area contributed by atoms with Gasteiger partial charge in [-0.05, 0) is 51.0 Å². The number of aromatic nitrogens is 2. The van der Waals surface area contributed by atoms with E-state index in [1.807, 2.05) is 13.8 Å². The first-order valence-electron chi connectivity index (χ1n) is 6.52. The topological polar surface area (TPSA) is 58.8 Å². The lowest BCUT2D eigenvalue weighted by atomic mass is 9.89. The van der Waals surface area contributed by atoms with Crippen molar-refractivity contribution in [2.75, 3.05) is 0 Å². The van der Waals surface area contributed by atoms with Crippen LogP contribution in [-0.4, -0.2) is 16.3 Å². The summed E-state index contributed by atoms with van der Waals surface area (Å²) in [7, 11) is 0. The van der Waals surface area contributed by atoms with Crippen LogP contribution in [0.3, 0.4) is 0 Å². The monoisotopic (exact) mass is 245 g/mol. The summed E-state index contributed by atoms with van der Waals surface area (Å²) in [5.41, 5.74) is 2.18. The molecule has 1 fully saturated rings. The Kier molecular flexibility index (Phi) is 3.81. The van der Waals surface area contributed by atoms with Crippen molar-refractivity contribution in [3.8, 4) is 11.9 Å². The zero-order valence-electron chi connectivity index (χ0n) is 11.2. The van der Waals surface area contributed by atoms with Gasteiger partial charge in [-0.15, -0.1) is 5.10 Å². The molecule has 1 heterocycles. The average Bonchev–Trinajstić information content (AvgIpc) is 2.37. The first-order valence-corrected chi connectivity index (χ1v) is 6.52. The molecule has 0 N–H and O–H groups in total. The molecule has 0 spiro atoms. The Bertz CT molecular complexity index is 471. The lowest BCUT2D eigenvalue weighted by molar-refractivity contribution is 0.128. The number of nitriles is 1. The summed E-state index contributed by atoms with van der Waals surface area (Å²) in [5, 5.41) is 17.3. The van der Waals surface area contributed by atoms with Gasteiger partial charge >= 0.3 is 0 Å². The third-order valence-electron chi connectivity index (χ3n) is 3.78. The minimum absolute atomic E-state index is 0.185. The van der Waals surface area contributed by atoms with Gasteiger partial charge in [0.15, 0.2) is 0 Å². The summed E-state index contributed by atoms with van der Waals surface area (Å²) < 4.78 is 5.87. The number of hydrogen-bond donors (Lipinski definition) is 0. The van der Waals surface area contributed by atoms with Crippen molar-refractivity contribution in [2.24, 2.45) is 5.92 Å². The number of rotatable bonds is 2. The van der Waals surface area contributed by atoms with E-state index in [-0.39, 0.29) is 6.10 Å². The smallest absolute Gasteiger partial charge is 0.252 e. The van der Waals surface area contributed by atoms with Crippen LogP contribution >= 0.6 is 0 Å². The normalized spacial score (nSPS) is 23.4. The van der Waals surface area contributed by atoms with E-state index in [2.05, 4.69) is 23.2 Å². The number of aryl methyl sites for hydroxylation is 1. The van der Waals surface area contributed by atoms with E-state index in [0.29, 0.717) is 11.4 Å². The van der Waals surface area contributed by atoms with Gasteiger partial charge in [-0.25, -0.2) is 0 Å². The Hall–Kier alpha value is -1.63. The fourth-order valence-corrected chi connectivity index (χ4v) is 2.31. The van der Waals surface area contributed by atoms with Crippen molar-refractivity contribution >= 4 is 0 Å². The second-order valence-electron chi connectivity index (χ2n) is 5.20. The van der Waals surface area contributed by atoms with E-state index in [1.165, 1.54) is 12.8 Å². The maximum atomic E-state index is 9.20. The summed E-state index contributed by atoms with van der Waals surface area (Å²) in [6.07, 6.45) is 4.64. The predicted molar refractivity (Wildman–Crippen MR) is 68.3 cm³/mol. The first kappa shape index (κ1) is 12.8. The number of ether oxygens (including phenoxy) is 1. The number of hydrogen-bond acceptors (Lipinski definition) is 4.